The van der Waals surface area contributed by atoms with Crippen LogP contribution in [0, 0.1) is 6.92 Å². The molecule has 21 heavy (non-hydrogen) atoms. The molecule has 3 rings (SSSR count). The molecular formula is C14H15N3O3S. The summed E-state index contributed by atoms with van der Waals surface area (Å²) in [5.41, 5.74) is 7.68. The summed E-state index contributed by atoms with van der Waals surface area (Å²) in [5.74, 6) is 2.06. The third kappa shape index (κ3) is 3.20. The molecule has 110 valence electrons. The van der Waals surface area contributed by atoms with Gasteiger partial charge in [-0.1, -0.05) is 17.8 Å². The van der Waals surface area contributed by atoms with Gasteiger partial charge in [0, 0.05) is 23.6 Å². The van der Waals surface area contributed by atoms with Gasteiger partial charge in [0.25, 0.3) is 5.56 Å². The minimum Gasteiger partial charge on any atom is -0.454 e. The molecule has 1 aromatic carbocycles. The molecule has 1 unspecified atom stereocenters. The van der Waals surface area contributed by atoms with E-state index in [1.807, 2.05) is 18.2 Å². The number of aromatic nitrogens is 2. The Morgan fingerprint density at radius 2 is 2.19 bits per heavy atom. The summed E-state index contributed by atoms with van der Waals surface area (Å²) in [6.45, 7) is 2.04. The molecule has 0 aliphatic carbocycles. The first-order chi connectivity index (χ1) is 10.1. The zero-order valence-electron chi connectivity index (χ0n) is 11.5. The van der Waals surface area contributed by atoms with E-state index < -0.39 is 0 Å². The Kier molecular flexibility index (Phi) is 3.85. The lowest BCUT2D eigenvalue weighted by atomic mass is 10.1. The summed E-state index contributed by atoms with van der Waals surface area (Å²) >= 11 is 1.42. The van der Waals surface area contributed by atoms with Crippen LogP contribution in [0.5, 0.6) is 11.5 Å². The van der Waals surface area contributed by atoms with E-state index in [1.165, 1.54) is 17.8 Å². The Hall–Kier alpha value is -1.99. The van der Waals surface area contributed by atoms with Crippen LogP contribution in [0.15, 0.2) is 34.2 Å². The average Bonchev–Trinajstić information content (AvgIpc) is 2.91. The van der Waals surface area contributed by atoms with Gasteiger partial charge in [-0.3, -0.25) is 4.79 Å². The van der Waals surface area contributed by atoms with Crippen molar-refractivity contribution in [1.29, 1.82) is 0 Å². The number of aryl methyl sites for hydroxylation is 1. The SMILES string of the molecule is Cc1cc(=O)[nH]c(SCC(N)c2ccc3c(c2)OCO3)n1. The molecule has 0 amide bonds. The lowest BCUT2D eigenvalue weighted by molar-refractivity contribution is 0.174. The van der Waals surface area contributed by atoms with Crippen LogP contribution in [0.3, 0.4) is 0 Å². The van der Waals surface area contributed by atoms with Gasteiger partial charge in [0.1, 0.15) is 0 Å². The van der Waals surface area contributed by atoms with E-state index >= 15 is 0 Å². The zero-order chi connectivity index (χ0) is 14.8. The molecule has 0 radical (unpaired) electrons. The van der Waals surface area contributed by atoms with Gasteiger partial charge in [0.05, 0.1) is 0 Å². The molecule has 0 spiro atoms. The molecular weight excluding hydrogens is 290 g/mol. The van der Waals surface area contributed by atoms with Crippen LogP contribution in [0.1, 0.15) is 17.3 Å². The second-order valence-corrected chi connectivity index (χ2v) is 5.73. The second kappa shape index (κ2) is 5.79. The summed E-state index contributed by atoms with van der Waals surface area (Å²) < 4.78 is 10.6. The van der Waals surface area contributed by atoms with Crippen molar-refractivity contribution in [3.63, 3.8) is 0 Å². The van der Waals surface area contributed by atoms with Gasteiger partial charge in [0.2, 0.25) is 6.79 Å². The number of fused-ring (bicyclic) bond motifs is 1. The van der Waals surface area contributed by atoms with Crippen molar-refractivity contribution >= 4 is 11.8 Å². The lowest BCUT2D eigenvalue weighted by Gasteiger charge is -2.12. The first-order valence-corrected chi connectivity index (χ1v) is 7.46. The number of nitrogens with one attached hydrogen (secondary N) is 1. The van der Waals surface area contributed by atoms with Crippen molar-refractivity contribution in [2.24, 2.45) is 5.73 Å². The molecule has 2 aromatic rings. The molecule has 1 aromatic heterocycles. The van der Waals surface area contributed by atoms with E-state index in [9.17, 15) is 4.79 Å². The first kappa shape index (κ1) is 14.0. The van der Waals surface area contributed by atoms with Gasteiger partial charge in [-0.2, -0.15) is 0 Å². The normalized spacial score (nSPS) is 14.2. The highest BCUT2D eigenvalue weighted by molar-refractivity contribution is 7.99. The highest BCUT2D eigenvalue weighted by atomic mass is 32.2. The molecule has 1 aliphatic heterocycles. The number of rotatable bonds is 4. The Balaban J connectivity index is 1.68. The number of thioether (sulfide) groups is 1. The van der Waals surface area contributed by atoms with E-state index in [2.05, 4.69) is 9.97 Å². The maximum Gasteiger partial charge on any atom is 0.251 e. The van der Waals surface area contributed by atoms with Crippen LogP contribution in [0.4, 0.5) is 0 Å². The molecule has 1 aliphatic rings. The van der Waals surface area contributed by atoms with Crippen molar-refractivity contribution in [3.05, 3.63) is 45.9 Å². The van der Waals surface area contributed by atoms with Crippen molar-refractivity contribution < 1.29 is 9.47 Å². The summed E-state index contributed by atoms with van der Waals surface area (Å²) in [6.07, 6.45) is 0. The van der Waals surface area contributed by atoms with Crippen molar-refractivity contribution in [2.45, 2.75) is 18.1 Å². The molecule has 7 heteroatoms. The van der Waals surface area contributed by atoms with E-state index in [0.29, 0.717) is 16.6 Å². The van der Waals surface area contributed by atoms with Gasteiger partial charge in [-0.05, 0) is 24.6 Å². The first-order valence-electron chi connectivity index (χ1n) is 6.48. The summed E-state index contributed by atoms with van der Waals surface area (Å²) in [7, 11) is 0. The largest absolute Gasteiger partial charge is 0.454 e. The summed E-state index contributed by atoms with van der Waals surface area (Å²) in [5, 5.41) is 0.580. The third-order valence-corrected chi connectivity index (χ3v) is 4.06. The predicted molar refractivity (Wildman–Crippen MR) is 79.8 cm³/mol. The molecule has 6 nitrogen and oxygen atoms in total. The van der Waals surface area contributed by atoms with E-state index in [4.69, 9.17) is 15.2 Å². The van der Waals surface area contributed by atoms with Crippen LogP contribution < -0.4 is 20.8 Å². The fraction of sp³-hybridized carbons (Fsp3) is 0.286. The van der Waals surface area contributed by atoms with Gasteiger partial charge >= 0.3 is 0 Å². The monoisotopic (exact) mass is 305 g/mol. The second-order valence-electron chi connectivity index (χ2n) is 4.72. The van der Waals surface area contributed by atoms with Crippen molar-refractivity contribution in [2.75, 3.05) is 12.5 Å². The molecule has 3 N–H and O–H groups in total. The molecule has 0 bridgehead atoms. The van der Waals surface area contributed by atoms with Crippen molar-refractivity contribution in [3.8, 4) is 11.5 Å². The maximum absolute atomic E-state index is 11.4. The van der Waals surface area contributed by atoms with Gasteiger partial charge in [-0.25, -0.2) is 4.98 Å². The summed E-state index contributed by atoms with van der Waals surface area (Å²) in [6, 6.07) is 6.94. The van der Waals surface area contributed by atoms with Crippen LogP contribution in [0.25, 0.3) is 0 Å². The van der Waals surface area contributed by atoms with Crippen LogP contribution >= 0.6 is 11.8 Å². The number of ether oxygens (including phenoxy) is 2. The number of nitrogens with two attached hydrogens (primary N) is 1. The Bertz CT molecular complexity index is 717. The quantitative estimate of drug-likeness (QED) is 0.658. The predicted octanol–water partition coefficient (Wildman–Crippen LogP) is 1.60. The molecule has 0 fully saturated rings. The van der Waals surface area contributed by atoms with Crippen LogP contribution in [-0.2, 0) is 0 Å². The fourth-order valence-corrected chi connectivity index (χ4v) is 2.94. The Morgan fingerprint density at radius 1 is 1.38 bits per heavy atom. The Morgan fingerprint density at radius 3 is 3.00 bits per heavy atom. The Labute approximate surface area is 125 Å². The van der Waals surface area contributed by atoms with Crippen LogP contribution in [-0.4, -0.2) is 22.5 Å². The fourth-order valence-electron chi connectivity index (χ4n) is 2.03. The summed E-state index contributed by atoms with van der Waals surface area (Å²) in [4.78, 5) is 18.3. The average molecular weight is 305 g/mol. The molecule has 2 heterocycles. The van der Waals surface area contributed by atoms with E-state index in [0.717, 1.165) is 17.1 Å². The third-order valence-electron chi connectivity index (χ3n) is 3.07. The molecule has 0 saturated carbocycles. The smallest absolute Gasteiger partial charge is 0.251 e. The number of H-pyrrole nitrogens is 1. The van der Waals surface area contributed by atoms with Gasteiger partial charge < -0.3 is 20.2 Å². The molecule has 0 saturated heterocycles. The number of hydrogen-bond acceptors (Lipinski definition) is 6. The maximum atomic E-state index is 11.4. The number of benzene rings is 1. The van der Waals surface area contributed by atoms with E-state index in [1.54, 1.807) is 6.92 Å². The van der Waals surface area contributed by atoms with Gasteiger partial charge in [-0.15, -0.1) is 0 Å². The number of hydrogen-bond donors (Lipinski definition) is 2. The van der Waals surface area contributed by atoms with Crippen molar-refractivity contribution in [1.82, 2.24) is 9.97 Å². The minimum absolute atomic E-state index is 0.151. The number of aromatic amines is 1. The minimum atomic E-state index is -0.185. The van der Waals surface area contributed by atoms with E-state index in [-0.39, 0.29) is 18.4 Å². The standard InChI is InChI=1S/C14H15N3O3S/c1-8-4-13(18)17-14(16-8)21-6-10(15)9-2-3-11-12(5-9)20-7-19-11/h2-5,10H,6-7,15H2,1H3,(H,16,17,18). The lowest BCUT2D eigenvalue weighted by Crippen LogP contribution is -2.14. The highest BCUT2D eigenvalue weighted by Gasteiger charge is 2.16. The topological polar surface area (TPSA) is 90.2 Å². The number of nitrogens with zero attached hydrogens (tertiary/aromatic N) is 1. The highest BCUT2D eigenvalue weighted by Crippen LogP contribution is 2.34. The van der Waals surface area contributed by atoms with Crippen LogP contribution in [0.2, 0.25) is 0 Å². The molecule has 1 atom stereocenters. The zero-order valence-corrected chi connectivity index (χ0v) is 12.3. The van der Waals surface area contributed by atoms with Gasteiger partial charge in [0.15, 0.2) is 16.7 Å².